The number of H-pyrrole nitrogens is 1. The second-order valence-corrected chi connectivity index (χ2v) is 6.89. The Balaban J connectivity index is 1.72. The Morgan fingerprint density at radius 3 is 2.92 bits per heavy atom. The fourth-order valence-electron chi connectivity index (χ4n) is 3.27. The Bertz CT molecular complexity index is 932. The lowest BCUT2D eigenvalue weighted by atomic mass is 10.0. The molecule has 0 atom stereocenters. The van der Waals surface area contributed by atoms with Crippen molar-refractivity contribution in [2.45, 2.75) is 12.8 Å². The maximum absolute atomic E-state index is 13.0. The van der Waals surface area contributed by atoms with Gasteiger partial charge in [0.1, 0.15) is 11.4 Å². The molecule has 0 aliphatic carbocycles. The number of amides is 1. The second kappa shape index (κ2) is 5.98. The third-order valence-corrected chi connectivity index (χ3v) is 4.96. The van der Waals surface area contributed by atoms with Crippen molar-refractivity contribution >= 4 is 38.4 Å². The highest BCUT2D eigenvalue weighted by Gasteiger charge is 2.24. The first-order chi connectivity index (χ1) is 11.7. The molecule has 4 nitrogen and oxygen atoms in total. The number of anilines is 1. The molecule has 0 radical (unpaired) electrons. The van der Waals surface area contributed by atoms with Gasteiger partial charge in [0.2, 0.25) is 0 Å². The van der Waals surface area contributed by atoms with Gasteiger partial charge in [-0.15, -0.1) is 0 Å². The quantitative estimate of drug-likeness (QED) is 0.705. The highest BCUT2D eigenvalue weighted by molar-refractivity contribution is 9.10. The third-order valence-electron chi connectivity index (χ3n) is 4.47. The number of nitrogens with one attached hydrogen (secondary N) is 1. The minimum Gasteiger partial charge on any atom is -0.497 e. The third kappa shape index (κ3) is 2.59. The Morgan fingerprint density at radius 1 is 1.21 bits per heavy atom. The molecule has 1 aliphatic rings. The van der Waals surface area contributed by atoms with E-state index in [1.54, 1.807) is 7.11 Å². The number of carbonyl (C=O) groups is 1. The number of aromatic amines is 1. The molecule has 1 aliphatic heterocycles. The number of rotatable bonds is 2. The summed E-state index contributed by atoms with van der Waals surface area (Å²) in [4.78, 5) is 18.1. The summed E-state index contributed by atoms with van der Waals surface area (Å²) in [6, 6.07) is 13.8. The van der Waals surface area contributed by atoms with Crippen molar-refractivity contribution in [1.82, 2.24) is 4.98 Å². The first kappa shape index (κ1) is 15.3. The van der Waals surface area contributed by atoms with Crippen LogP contribution in [0.5, 0.6) is 5.75 Å². The molecule has 0 fully saturated rings. The van der Waals surface area contributed by atoms with Crippen molar-refractivity contribution in [3.8, 4) is 5.75 Å². The van der Waals surface area contributed by atoms with E-state index >= 15 is 0 Å². The van der Waals surface area contributed by atoms with Gasteiger partial charge in [0.05, 0.1) is 7.11 Å². The molecule has 0 saturated carbocycles. The number of fused-ring (bicyclic) bond motifs is 2. The number of carbonyl (C=O) groups excluding carboxylic acids is 1. The van der Waals surface area contributed by atoms with Crippen molar-refractivity contribution in [3.63, 3.8) is 0 Å². The predicted octanol–water partition coefficient (Wildman–Crippen LogP) is 4.53. The van der Waals surface area contributed by atoms with Crippen LogP contribution < -0.4 is 9.64 Å². The predicted molar refractivity (Wildman–Crippen MR) is 99.0 cm³/mol. The summed E-state index contributed by atoms with van der Waals surface area (Å²) in [5.41, 5.74) is 3.73. The molecule has 0 bridgehead atoms. The number of ether oxygens (including phenoxy) is 1. The average molecular weight is 385 g/mol. The molecule has 4 rings (SSSR count). The van der Waals surface area contributed by atoms with Crippen LogP contribution in [0.25, 0.3) is 10.9 Å². The summed E-state index contributed by atoms with van der Waals surface area (Å²) < 4.78 is 6.30. The zero-order chi connectivity index (χ0) is 16.7. The van der Waals surface area contributed by atoms with Crippen LogP contribution in [0.15, 0.2) is 46.9 Å². The normalized spacial score (nSPS) is 13.8. The average Bonchev–Trinajstić information content (AvgIpc) is 3.03. The Morgan fingerprint density at radius 2 is 2.08 bits per heavy atom. The van der Waals surface area contributed by atoms with Gasteiger partial charge in [-0.05, 0) is 54.8 Å². The van der Waals surface area contributed by atoms with E-state index in [2.05, 4.69) is 27.0 Å². The molecule has 5 heteroatoms. The fraction of sp³-hybridized carbons (Fsp3) is 0.211. The summed E-state index contributed by atoms with van der Waals surface area (Å²) in [7, 11) is 1.64. The fourth-order valence-corrected chi connectivity index (χ4v) is 3.68. The van der Waals surface area contributed by atoms with Crippen molar-refractivity contribution in [3.05, 3.63) is 58.2 Å². The number of aromatic nitrogens is 1. The van der Waals surface area contributed by atoms with Gasteiger partial charge < -0.3 is 14.6 Å². The van der Waals surface area contributed by atoms with Crippen molar-refractivity contribution in [1.29, 1.82) is 0 Å². The lowest BCUT2D eigenvalue weighted by molar-refractivity contribution is 0.0981. The van der Waals surface area contributed by atoms with Crippen LogP contribution in [0.4, 0.5) is 5.69 Å². The Labute approximate surface area is 148 Å². The number of nitrogens with zero attached hydrogens (tertiary/aromatic N) is 1. The molecule has 122 valence electrons. The smallest absolute Gasteiger partial charge is 0.274 e. The molecule has 2 heterocycles. The van der Waals surface area contributed by atoms with E-state index in [0.717, 1.165) is 46.2 Å². The maximum Gasteiger partial charge on any atom is 0.274 e. The number of methoxy groups -OCH3 is 1. The lowest BCUT2D eigenvalue weighted by Crippen LogP contribution is -2.35. The van der Waals surface area contributed by atoms with Crippen molar-refractivity contribution < 1.29 is 9.53 Å². The summed E-state index contributed by atoms with van der Waals surface area (Å²) in [6.45, 7) is 0.742. The van der Waals surface area contributed by atoms with Crippen LogP contribution in [0, 0.1) is 0 Å². The first-order valence-electron chi connectivity index (χ1n) is 7.93. The highest BCUT2D eigenvalue weighted by atomic mass is 79.9. The first-order valence-corrected chi connectivity index (χ1v) is 8.72. The van der Waals surface area contributed by atoms with Crippen molar-refractivity contribution in [2.24, 2.45) is 0 Å². The summed E-state index contributed by atoms with van der Waals surface area (Å²) in [6.07, 6.45) is 1.98. The summed E-state index contributed by atoms with van der Waals surface area (Å²) in [5.74, 6) is 0.782. The standard InChI is InChI=1S/C19H17BrN2O2/c1-24-15-6-4-12-10-17(21-16(12)11-15)19(23)22-8-2-3-13-9-14(20)5-7-18(13)22/h4-7,9-11,21H,2-3,8H2,1H3. The van der Waals surface area contributed by atoms with Gasteiger partial charge in [-0.1, -0.05) is 15.9 Å². The molecule has 24 heavy (non-hydrogen) atoms. The van der Waals surface area contributed by atoms with E-state index in [0.29, 0.717) is 5.69 Å². The topological polar surface area (TPSA) is 45.3 Å². The van der Waals surface area contributed by atoms with Gasteiger partial charge in [0.25, 0.3) is 5.91 Å². The molecule has 1 amide bonds. The monoisotopic (exact) mass is 384 g/mol. The van der Waals surface area contributed by atoms with Crippen LogP contribution in [0.3, 0.4) is 0 Å². The zero-order valence-corrected chi connectivity index (χ0v) is 14.9. The van der Waals surface area contributed by atoms with Crippen LogP contribution in [-0.2, 0) is 6.42 Å². The van der Waals surface area contributed by atoms with Gasteiger partial charge in [-0.3, -0.25) is 4.79 Å². The largest absolute Gasteiger partial charge is 0.497 e. The van der Waals surface area contributed by atoms with Gasteiger partial charge in [0, 0.05) is 33.7 Å². The van der Waals surface area contributed by atoms with Gasteiger partial charge in [-0.2, -0.15) is 0 Å². The van der Waals surface area contributed by atoms with Gasteiger partial charge >= 0.3 is 0 Å². The summed E-state index contributed by atoms with van der Waals surface area (Å²) >= 11 is 3.51. The molecular formula is C19H17BrN2O2. The van der Waals surface area contributed by atoms with Crippen molar-refractivity contribution in [2.75, 3.05) is 18.6 Å². The molecule has 3 aromatic rings. The van der Waals surface area contributed by atoms with Gasteiger partial charge in [0.15, 0.2) is 0 Å². The number of aryl methyl sites for hydroxylation is 1. The molecule has 0 spiro atoms. The molecule has 0 unspecified atom stereocenters. The zero-order valence-electron chi connectivity index (χ0n) is 13.3. The molecule has 0 saturated heterocycles. The van der Waals surface area contributed by atoms with E-state index in [1.165, 1.54) is 5.56 Å². The minimum absolute atomic E-state index is 0.00781. The second-order valence-electron chi connectivity index (χ2n) is 5.97. The molecule has 1 aromatic heterocycles. The maximum atomic E-state index is 13.0. The van der Waals surface area contributed by atoms with E-state index < -0.39 is 0 Å². The Hall–Kier alpha value is -2.27. The van der Waals surface area contributed by atoms with Crippen LogP contribution in [-0.4, -0.2) is 24.5 Å². The lowest BCUT2D eigenvalue weighted by Gasteiger charge is -2.29. The molecular weight excluding hydrogens is 368 g/mol. The Kier molecular flexibility index (Phi) is 3.81. The molecule has 2 aromatic carbocycles. The number of halogens is 1. The number of hydrogen-bond acceptors (Lipinski definition) is 2. The highest BCUT2D eigenvalue weighted by Crippen LogP contribution is 2.31. The van der Waals surface area contributed by atoms with E-state index in [4.69, 9.17) is 4.74 Å². The van der Waals surface area contributed by atoms with Crippen LogP contribution >= 0.6 is 15.9 Å². The van der Waals surface area contributed by atoms with Crippen LogP contribution in [0.1, 0.15) is 22.5 Å². The molecule has 1 N–H and O–H groups in total. The van der Waals surface area contributed by atoms with E-state index in [-0.39, 0.29) is 5.91 Å². The number of benzene rings is 2. The summed E-state index contributed by atoms with van der Waals surface area (Å²) in [5, 5.41) is 1.01. The SMILES string of the molecule is COc1ccc2cc(C(=O)N3CCCc4cc(Br)ccc43)[nH]c2c1. The minimum atomic E-state index is 0.00781. The van der Waals surface area contributed by atoms with E-state index in [9.17, 15) is 4.79 Å². The van der Waals surface area contributed by atoms with E-state index in [1.807, 2.05) is 41.3 Å². The number of hydrogen-bond donors (Lipinski definition) is 1. The van der Waals surface area contributed by atoms with Crippen LogP contribution in [0.2, 0.25) is 0 Å². The van der Waals surface area contributed by atoms with Gasteiger partial charge in [-0.25, -0.2) is 0 Å².